The van der Waals surface area contributed by atoms with Crippen LogP contribution in [-0.4, -0.2) is 0 Å². The summed E-state index contributed by atoms with van der Waals surface area (Å²) in [5.41, 5.74) is 0. The molecule has 0 nitrogen and oxygen atoms in total. The van der Waals surface area contributed by atoms with Crippen molar-refractivity contribution in [2.75, 3.05) is 0 Å². The number of allylic oxidation sites excluding steroid dienone is 8. The van der Waals surface area contributed by atoms with Crippen LogP contribution in [0.1, 0.15) is 19.3 Å². The van der Waals surface area contributed by atoms with Gasteiger partial charge in [-0.1, -0.05) is 48.6 Å². The molecule has 58 valence electrons. The molecule has 0 heterocycles. The molecule has 0 aliphatic heterocycles. The van der Waals surface area contributed by atoms with Gasteiger partial charge in [0.1, 0.15) is 0 Å². The molecule has 0 amide bonds. The fraction of sp³-hybridized carbons (Fsp3) is 0.273. The van der Waals surface area contributed by atoms with E-state index < -0.39 is 0 Å². The van der Waals surface area contributed by atoms with Crippen molar-refractivity contribution in [1.82, 2.24) is 0 Å². The summed E-state index contributed by atoms with van der Waals surface area (Å²) in [5.74, 6) is 0. The van der Waals surface area contributed by atoms with Crippen molar-refractivity contribution in [3.8, 4) is 0 Å². The molecule has 0 heteroatoms. The topological polar surface area (TPSA) is 0 Å². The van der Waals surface area contributed by atoms with Gasteiger partial charge in [-0.2, -0.15) is 0 Å². The Hall–Kier alpha value is -1.04. The van der Waals surface area contributed by atoms with Gasteiger partial charge in [-0.3, -0.25) is 0 Å². The second kappa shape index (κ2) is 5.72. The fourth-order valence-electron chi connectivity index (χ4n) is 0.945. The molecule has 0 aromatic rings. The molecule has 1 aliphatic carbocycles. The van der Waals surface area contributed by atoms with Crippen molar-refractivity contribution < 1.29 is 0 Å². The SMILES string of the molecule is C1=CC/C=C\CC/C=C\C=C/1. The van der Waals surface area contributed by atoms with Crippen LogP contribution in [-0.2, 0) is 0 Å². The highest BCUT2D eigenvalue weighted by Crippen LogP contribution is 1.97. The van der Waals surface area contributed by atoms with Gasteiger partial charge < -0.3 is 0 Å². The van der Waals surface area contributed by atoms with E-state index in [1.165, 1.54) is 0 Å². The van der Waals surface area contributed by atoms with Crippen molar-refractivity contribution >= 4 is 0 Å². The highest BCUT2D eigenvalue weighted by Gasteiger charge is 1.76. The minimum Gasteiger partial charge on any atom is -0.0879 e. The zero-order valence-electron chi connectivity index (χ0n) is 6.74. The molecule has 0 fully saturated rings. The maximum atomic E-state index is 2.24. The first-order chi connectivity index (χ1) is 5.50. The van der Waals surface area contributed by atoms with Crippen molar-refractivity contribution in [1.29, 1.82) is 0 Å². The van der Waals surface area contributed by atoms with Gasteiger partial charge in [0.25, 0.3) is 0 Å². The molecular weight excluding hydrogens is 132 g/mol. The molecule has 1 rings (SSSR count). The molecule has 0 aromatic carbocycles. The summed E-state index contributed by atoms with van der Waals surface area (Å²) in [6.07, 6.45) is 20.5. The lowest BCUT2D eigenvalue weighted by molar-refractivity contribution is 1.04. The highest BCUT2D eigenvalue weighted by atomic mass is 13.8. The Balaban J connectivity index is 2.47. The Kier molecular flexibility index (Phi) is 4.19. The summed E-state index contributed by atoms with van der Waals surface area (Å²) in [5, 5.41) is 0. The molecule has 0 N–H and O–H groups in total. The smallest absolute Gasteiger partial charge is 0.0166 e. The second-order valence-corrected chi connectivity index (χ2v) is 2.53. The Morgan fingerprint density at radius 2 is 1.27 bits per heavy atom. The summed E-state index contributed by atoms with van der Waals surface area (Å²) < 4.78 is 0. The van der Waals surface area contributed by atoms with Gasteiger partial charge in [0.15, 0.2) is 0 Å². The molecule has 0 bridgehead atoms. The normalized spacial score (nSPS) is 26.9. The average Bonchev–Trinajstić information content (AvgIpc) is 2.08. The lowest BCUT2D eigenvalue weighted by atomic mass is 10.2. The van der Waals surface area contributed by atoms with Gasteiger partial charge in [0, 0.05) is 0 Å². The predicted octanol–water partition coefficient (Wildman–Crippen LogP) is 3.40. The monoisotopic (exact) mass is 146 g/mol. The van der Waals surface area contributed by atoms with E-state index in [4.69, 9.17) is 0 Å². The molecular formula is C11H14. The van der Waals surface area contributed by atoms with E-state index in [1.807, 2.05) is 0 Å². The third-order valence-electron chi connectivity index (χ3n) is 1.54. The first-order valence-electron chi connectivity index (χ1n) is 4.13. The van der Waals surface area contributed by atoms with Crippen molar-refractivity contribution in [2.24, 2.45) is 0 Å². The molecule has 0 aromatic heterocycles. The number of hydrogen-bond donors (Lipinski definition) is 0. The van der Waals surface area contributed by atoms with E-state index in [9.17, 15) is 0 Å². The molecule has 1 aliphatic rings. The molecule has 0 spiro atoms. The van der Waals surface area contributed by atoms with Crippen LogP contribution in [0.2, 0.25) is 0 Å². The average molecular weight is 146 g/mol. The minimum atomic E-state index is 1.06. The summed E-state index contributed by atoms with van der Waals surface area (Å²) in [6, 6.07) is 0. The van der Waals surface area contributed by atoms with E-state index in [-0.39, 0.29) is 0 Å². The summed E-state index contributed by atoms with van der Waals surface area (Å²) in [4.78, 5) is 0. The van der Waals surface area contributed by atoms with E-state index in [1.54, 1.807) is 0 Å². The zero-order chi connectivity index (χ0) is 7.78. The van der Waals surface area contributed by atoms with Crippen LogP contribution in [0.25, 0.3) is 0 Å². The first kappa shape index (κ1) is 8.06. The number of hydrogen-bond acceptors (Lipinski definition) is 0. The Morgan fingerprint density at radius 1 is 0.545 bits per heavy atom. The minimum absolute atomic E-state index is 1.06. The standard InChI is InChI=1S/C11H14/c1-2-4-6-8-10-11-9-7-5-3-1/h1-6,9,11H,7-8,10H2/b2-1-,5-3?,6-4-,11-9-. The summed E-state index contributed by atoms with van der Waals surface area (Å²) in [7, 11) is 0. The van der Waals surface area contributed by atoms with Crippen LogP contribution in [0.15, 0.2) is 48.6 Å². The van der Waals surface area contributed by atoms with Crippen LogP contribution in [0.4, 0.5) is 0 Å². The van der Waals surface area contributed by atoms with Gasteiger partial charge in [0.2, 0.25) is 0 Å². The fourth-order valence-corrected chi connectivity index (χ4v) is 0.945. The Morgan fingerprint density at radius 3 is 2.18 bits per heavy atom. The maximum absolute atomic E-state index is 2.24. The van der Waals surface area contributed by atoms with E-state index in [0.717, 1.165) is 19.3 Å². The lowest BCUT2D eigenvalue weighted by Gasteiger charge is -1.83. The number of rotatable bonds is 0. The van der Waals surface area contributed by atoms with E-state index in [0.29, 0.717) is 0 Å². The van der Waals surface area contributed by atoms with Gasteiger partial charge in [-0.25, -0.2) is 0 Å². The van der Waals surface area contributed by atoms with Crippen LogP contribution in [0.3, 0.4) is 0 Å². The predicted molar refractivity (Wildman–Crippen MR) is 50.4 cm³/mol. The molecule has 0 atom stereocenters. The largest absolute Gasteiger partial charge is 0.0879 e. The lowest BCUT2D eigenvalue weighted by Crippen LogP contribution is -1.63. The van der Waals surface area contributed by atoms with Crippen LogP contribution in [0, 0.1) is 0 Å². The summed E-state index contributed by atoms with van der Waals surface area (Å²) >= 11 is 0. The van der Waals surface area contributed by atoms with E-state index >= 15 is 0 Å². The molecule has 0 saturated carbocycles. The summed E-state index contributed by atoms with van der Waals surface area (Å²) in [6.45, 7) is 0. The van der Waals surface area contributed by atoms with Crippen molar-refractivity contribution in [3.05, 3.63) is 48.6 Å². The van der Waals surface area contributed by atoms with Gasteiger partial charge in [-0.15, -0.1) is 0 Å². The van der Waals surface area contributed by atoms with Gasteiger partial charge >= 0.3 is 0 Å². The van der Waals surface area contributed by atoms with Crippen LogP contribution in [0.5, 0.6) is 0 Å². The second-order valence-electron chi connectivity index (χ2n) is 2.53. The zero-order valence-corrected chi connectivity index (χ0v) is 6.74. The van der Waals surface area contributed by atoms with Crippen molar-refractivity contribution in [2.45, 2.75) is 19.3 Å². The Bertz CT molecular complexity index is 192. The van der Waals surface area contributed by atoms with Crippen LogP contribution >= 0.6 is 0 Å². The van der Waals surface area contributed by atoms with E-state index in [2.05, 4.69) is 48.6 Å². The van der Waals surface area contributed by atoms with Gasteiger partial charge in [0.05, 0.1) is 0 Å². The third-order valence-corrected chi connectivity index (χ3v) is 1.54. The molecule has 0 saturated heterocycles. The third kappa shape index (κ3) is 4.38. The van der Waals surface area contributed by atoms with Gasteiger partial charge in [-0.05, 0) is 19.3 Å². The quantitative estimate of drug-likeness (QED) is 0.459. The van der Waals surface area contributed by atoms with Crippen molar-refractivity contribution in [3.63, 3.8) is 0 Å². The van der Waals surface area contributed by atoms with Crippen LogP contribution < -0.4 is 0 Å². The first-order valence-corrected chi connectivity index (χ1v) is 4.13. The maximum Gasteiger partial charge on any atom is -0.0166 e. The molecule has 0 radical (unpaired) electrons. The molecule has 11 heavy (non-hydrogen) atoms. The Labute approximate surface area is 68.6 Å². The molecule has 0 unspecified atom stereocenters. The highest BCUT2D eigenvalue weighted by molar-refractivity contribution is 5.12.